The Kier molecular flexibility index (Phi) is 5.23. The second kappa shape index (κ2) is 8.18. The molecular formula is C24H23ClN5O+. The predicted octanol–water partition coefficient (Wildman–Crippen LogP) is 2.69. The van der Waals surface area contributed by atoms with Gasteiger partial charge in [0.1, 0.15) is 13.1 Å². The molecule has 1 aromatic heterocycles. The first-order chi connectivity index (χ1) is 15.1. The normalized spacial score (nSPS) is 15.1. The molecule has 6 nitrogen and oxygen atoms in total. The van der Waals surface area contributed by atoms with Crippen molar-refractivity contribution in [2.75, 3.05) is 18.4 Å². The van der Waals surface area contributed by atoms with E-state index in [1.807, 2.05) is 53.1 Å². The van der Waals surface area contributed by atoms with Gasteiger partial charge in [0.15, 0.2) is 0 Å². The maximum absolute atomic E-state index is 13.6. The summed E-state index contributed by atoms with van der Waals surface area (Å²) in [5.74, 6) is 0.897. The fourth-order valence-corrected chi connectivity index (χ4v) is 4.72. The van der Waals surface area contributed by atoms with Crippen molar-refractivity contribution in [3.63, 3.8) is 0 Å². The molecule has 0 saturated heterocycles. The lowest BCUT2D eigenvalue weighted by Crippen LogP contribution is -2.49. The number of benzene rings is 2. The number of halogens is 1. The van der Waals surface area contributed by atoms with Crippen molar-refractivity contribution in [2.24, 2.45) is 0 Å². The van der Waals surface area contributed by atoms with E-state index < -0.39 is 0 Å². The summed E-state index contributed by atoms with van der Waals surface area (Å²) in [6.07, 6.45) is 0.846. The lowest BCUT2D eigenvalue weighted by atomic mass is 10.0. The van der Waals surface area contributed by atoms with E-state index in [-0.39, 0.29) is 5.56 Å². The maximum atomic E-state index is 13.6. The van der Waals surface area contributed by atoms with Gasteiger partial charge in [-0.05, 0) is 35.4 Å². The smallest absolute Gasteiger partial charge is 0.294 e. The van der Waals surface area contributed by atoms with Crippen LogP contribution in [0.5, 0.6) is 0 Å². The predicted molar refractivity (Wildman–Crippen MR) is 119 cm³/mol. The molecular weight excluding hydrogens is 410 g/mol. The lowest BCUT2D eigenvalue weighted by Gasteiger charge is -2.28. The average molecular weight is 433 g/mol. The molecule has 5 rings (SSSR count). The van der Waals surface area contributed by atoms with Crippen LogP contribution in [0.3, 0.4) is 0 Å². The highest BCUT2D eigenvalue weighted by atomic mass is 35.5. The third kappa shape index (κ3) is 3.83. The average Bonchev–Trinajstić information content (AvgIpc) is 3.28. The number of hydrogen-bond donors (Lipinski definition) is 1. The summed E-state index contributed by atoms with van der Waals surface area (Å²) in [7, 11) is 0. The largest absolute Gasteiger partial charge is 0.361 e. The molecule has 2 aromatic carbocycles. The summed E-state index contributed by atoms with van der Waals surface area (Å²) in [6.45, 7) is 4.46. The molecule has 1 N–H and O–H groups in total. The number of anilines is 1. The van der Waals surface area contributed by atoms with Crippen LogP contribution in [-0.2, 0) is 32.6 Å². The molecule has 31 heavy (non-hydrogen) atoms. The zero-order valence-corrected chi connectivity index (χ0v) is 17.9. The highest BCUT2D eigenvalue weighted by Gasteiger charge is 2.33. The summed E-state index contributed by atoms with van der Waals surface area (Å²) in [5.41, 5.74) is 4.91. The molecule has 3 heterocycles. The van der Waals surface area contributed by atoms with Crippen LogP contribution in [0.4, 0.5) is 5.95 Å². The number of nitrogens with one attached hydrogen (secondary N) is 1. The van der Waals surface area contributed by atoms with Crippen molar-refractivity contribution in [2.45, 2.75) is 32.6 Å². The molecule has 0 bridgehead atoms. The van der Waals surface area contributed by atoms with Gasteiger partial charge in [-0.3, -0.25) is 15.0 Å². The van der Waals surface area contributed by atoms with Crippen molar-refractivity contribution in [3.8, 4) is 6.07 Å². The zero-order valence-electron chi connectivity index (χ0n) is 17.1. The summed E-state index contributed by atoms with van der Waals surface area (Å²) in [4.78, 5) is 15.9. The van der Waals surface area contributed by atoms with Gasteiger partial charge in [0.25, 0.3) is 0 Å². The van der Waals surface area contributed by atoms with Crippen LogP contribution in [0, 0.1) is 11.3 Å². The van der Waals surface area contributed by atoms with E-state index in [0.29, 0.717) is 23.7 Å². The van der Waals surface area contributed by atoms with E-state index in [1.165, 1.54) is 0 Å². The quantitative estimate of drug-likeness (QED) is 0.644. The minimum absolute atomic E-state index is 0.0704. The van der Waals surface area contributed by atoms with Gasteiger partial charge in [-0.15, -0.1) is 0 Å². The Balaban J connectivity index is 1.48. The Morgan fingerprint density at radius 1 is 1.13 bits per heavy atom. The topological polar surface area (TPSA) is 64.9 Å². The Morgan fingerprint density at radius 2 is 1.97 bits per heavy atom. The van der Waals surface area contributed by atoms with Gasteiger partial charge in [-0.2, -0.15) is 9.83 Å². The molecule has 7 heteroatoms. The van der Waals surface area contributed by atoms with Gasteiger partial charge < -0.3 is 0 Å². The van der Waals surface area contributed by atoms with Gasteiger partial charge in [-0.25, -0.2) is 4.57 Å². The van der Waals surface area contributed by atoms with Gasteiger partial charge in [0.05, 0.1) is 29.4 Å². The molecule has 156 valence electrons. The Hall–Kier alpha value is -3.14. The SMILES string of the molecule is N#Cc1cccc(CN2CCc3c(c(=O)n(Cc4ccc(Cl)cc4)c4[n+]3CCN4)C2)c1. The van der Waals surface area contributed by atoms with E-state index in [1.54, 1.807) is 0 Å². The summed E-state index contributed by atoms with van der Waals surface area (Å²) < 4.78 is 4.13. The van der Waals surface area contributed by atoms with Crippen LogP contribution in [0.2, 0.25) is 5.02 Å². The van der Waals surface area contributed by atoms with Gasteiger partial charge >= 0.3 is 11.5 Å². The Labute approximate surface area is 185 Å². The number of nitrogens with zero attached hydrogens (tertiary/aromatic N) is 4. The Morgan fingerprint density at radius 3 is 2.77 bits per heavy atom. The van der Waals surface area contributed by atoms with Crippen LogP contribution in [0.1, 0.15) is 27.9 Å². The molecule has 0 spiro atoms. The molecule has 0 unspecified atom stereocenters. The molecule has 0 radical (unpaired) electrons. The maximum Gasteiger partial charge on any atom is 0.361 e. The van der Waals surface area contributed by atoms with Crippen LogP contribution in [0.25, 0.3) is 0 Å². The van der Waals surface area contributed by atoms with Crippen molar-refractivity contribution < 1.29 is 4.57 Å². The second-order valence-electron chi connectivity index (χ2n) is 8.12. The first-order valence-corrected chi connectivity index (χ1v) is 10.9. The fourth-order valence-electron chi connectivity index (χ4n) is 4.59. The van der Waals surface area contributed by atoms with Crippen LogP contribution < -0.4 is 15.4 Å². The highest BCUT2D eigenvalue weighted by molar-refractivity contribution is 6.30. The van der Waals surface area contributed by atoms with Crippen molar-refractivity contribution in [3.05, 3.63) is 91.9 Å². The minimum atomic E-state index is 0.0704. The van der Waals surface area contributed by atoms with Gasteiger partial charge in [-0.1, -0.05) is 35.9 Å². The molecule has 2 aliphatic heterocycles. The molecule has 0 saturated carbocycles. The van der Waals surface area contributed by atoms with E-state index in [9.17, 15) is 4.79 Å². The Bertz CT molecular complexity index is 1240. The minimum Gasteiger partial charge on any atom is -0.294 e. The third-order valence-corrected chi connectivity index (χ3v) is 6.32. The summed E-state index contributed by atoms with van der Waals surface area (Å²) in [5, 5.41) is 13.3. The molecule has 0 amide bonds. The van der Waals surface area contributed by atoms with Gasteiger partial charge in [0.2, 0.25) is 0 Å². The third-order valence-electron chi connectivity index (χ3n) is 6.07. The number of nitriles is 1. The van der Waals surface area contributed by atoms with Crippen LogP contribution >= 0.6 is 11.6 Å². The number of hydrogen-bond acceptors (Lipinski definition) is 4. The molecule has 3 aromatic rings. The lowest BCUT2D eigenvalue weighted by molar-refractivity contribution is -0.682. The van der Waals surface area contributed by atoms with Crippen molar-refractivity contribution in [1.29, 1.82) is 5.26 Å². The molecule has 0 fully saturated rings. The summed E-state index contributed by atoms with van der Waals surface area (Å²) >= 11 is 6.03. The van der Waals surface area contributed by atoms with E-state index in [4.69, 9.17) is 16.9 Å². The number of fused-ring (bicyclic) bond motifs is 3. The van der Waals surface area contributed by atoms with E-state index in [0.717, 1.165) is 60.9 Å². The molecule has 2 aliphatic rings. The fraction of sp³-hybridized carbons (Fsp3) is 0.292. The monoisotopic (exact) mass is 432 g/mol. The van der Waals surface area contributed by atoms with Crippen molar-refractivity contribution >= 4 is 17.5 Å². The molecule has 0 atom stereocenters. The van der Waals surface area contributed by atoms with E-state index >= 15 is 0 Å². The first kappa shape index (κ1) is 19.8. The van der Waals surface area contributed by atoms with Crippen molar-refractivity contribution in [1.82, 2.24) is 9.47 Å². The second-order valence-corrected chi connectivity index (χ2v) is 8.55. The number of aromatic nitrogens is 2. The van der Waals surface area contributed by atoms with Crippen LogP contribution in [0.15, 0.2) is 53.3 Å². The zero-order chi connectivity index (χ0) is 21.4. The first-order valence-electron chi connectivity index (χ1n) is 10.5. The molecule has 0 aliphatic carbocycles. The highest BCUT2D eigenvalue weighted by Crippen LogP contribution is 2.20. The van der Waals surface area contributed by atoms with Gasteiger partial charge in [0, 0.05) is 31.1 Å². The number of rotatable bonds is 4. The van der Waals surface area contributed by atoms with E-state index in [2.05, 4.69) is 20.9 Å². The van der Waals surface area contributed by atoms with Crippen LogP contribution in [-0.4, -0.2) is 22.6 Å². The summed E-state index contributed by atoms with van der Waals surface area (Å²) in [6, 6.07) is 17.6. The standard InChI is InChI=1S/C24H22ClN5O/c25-20-6-4-17(5-7-20)15-30-23(31)21-16-28(14-19-3-1-2-18(12-19)13-26)10-8-22(21)29-11-9-27-24(29)30/h1-7,12H,8-11,14-16H2/p+1.